The summed E-state index contributed by atoms with van der Waals surface area (Å²) in [5.41, 5.74) is 1.04. The van der Waals surface area contributed by atoms with Gasteiger partial charge in [-0.05, 0) is 70.6 Å². The van der Waals surface area contributed by atoms with Crippen LogP contribution in [0, 0.1) is 5.92 Å². The number of benzene rings is 1. The van der Waals surface area contributed by atoms with Crippen LogP contribution in [0.5, 0.6) is 0 Å². The van der Waals surface area contributed by atoms with Crippen molar-refractivity contribution in [2.24, 2.45) is 5.92 Å². The van der Waals surface area contributed by atoms with Crippen LogP contribution in [0.4, 0.5) is 5.69 Å². The summed E-state index contributed by atoms with van der Waals surface area (Å²) in [5, 5.41) is 4.15. The lowest BCUT2D eigenvalue weighted by molar-refractivity contribution is 0.322. The first-order valence-electron chi connectivity index (χ1n) is 8.19. The minimum Gasteiger partial charge on any atom is -0.385 e. The van der Waals surface area contributed by atoms with E-state index in [2.05, 4.69) is 10.0 Å². The lowest BCUT2D eigenvalue weighted by Crippen LogP contribution is -2.46. The molecular weight excluding hydrogens is 332 g/mol. The van der Waals surface area contributed by atoms with Crippen LogP contribution in [-0.2, 0) is 10.0 Å². The molecule has 23 heavy (non-hydrogen) atoms. The van der Waals surface area contributed by atoms with E-state index in [1.54, 1.807) is 20.8 Å². The SMILES string of the molecule is CC(C)(C)S(=O)(=O)NC1CCC(CNc2cccc(Cl)c2)CC1. The van der Waals surface area contributed by atoms with Gasteiger partial charge in [0.05, 0.1) is 4.75 Å². The Bertz CT molecular complexity index is 618. The van der Waals surface area contributed by atoms with Gasteiger partial charge >= 0.3 is 0 Å². The number of rotatable bonds is 5. The van der Waals surface area contributed by atoms with Gasteiger partial charge in [-0.1, -0.05) is 17.7 Å². The van der Waals surface area contributed by atoms with E-state index in [9.17, 15) is 8.42 Å². The monoisotopic (exact) mass is 358 g/mol. The maximum atomic E-state index is 12.2. The average molecular weight is 359 g/mol. The molecule has 2 N–H and O–H groups in total. The molecular formula is C17H27ClN2O2S. The van der Waals surface area contributed by atoms with Gasteiger partial charge < -0.3 is 5.32 Å². The highest BCUT2D eigenvalue weighted by Crippen LogP contribution is 2.27. The second-order valence-corrected chi connectivity index (χ2v) is 10.2. The Kier molecular flexibility index (Phi) is 5.98. The Balaban J connectivity index is 1.78. The summed E-state index contributed by atoms with van der Waals surface area (Å²) in [5.74, 6) is 0.573. The largest absolute Gasteiger partial charge is 0.385 e. The summed E-state index contributed by atoms with van der Waals surface area (Å²) in [6.07, 6.45) is 3.87. The zero-order chi connectivity index (χ0) is 17.1. The molecule has 0 aliphatic heterocycles. The standard InChI is InChI=1S/C17H27ClN2O2S/c1-17(2,3)23(21,22)20-15-9-7-13(8-10-15)12-19-16-6-4-5-14(18)11-16/h4-6,11,13,15,19-20H,7-10,12H2,1-3H3. The van der Waals surface area contributed by atoms with Gasteiger partial charge in [-0.3, -0.25) is 0 Å². The third kappa shape index (κ3) is 5.37. The Hall–Kier alpha value is -0.780. The van der Waals surface area contributed by atoms with Gasteiger partial charge in [0, 0.05) is 23.3 Å². The molecule has 6 heteroatoms. The van der Waals surface area contributed by atoms with Crippen molar-refractivity contribution in [3.05, 3.63) is 29.3 Å². The Labute approximate surface area is 145 Å². The molecule has 0 unspecified atom stereocenters. The van der Waals surface area contributed by atoms with Crippen molar-refractivity contribution in [2.75, 3.05) is 11.9 Å². The first-order valence-corrected chi connectivity index (χ1v) is 10.0. The Morgan fingerprint density at radius 3 is 2.39 bits per heavy atom. The van der Waals surface area contributed by atoms with E-state index in [-0.39, 0.29) is 6.04 Å². The van der Waals surface area contributed by atoms with Gasteiger partial charge in [-0.25, -0.2) is 13.1 Å². The summed E-state index contributed by atoms with van der Waals surface area (Å²) in [6.45, 7) is 6.10. The van der Waals surface area contributed by atoms with Gasteiger partial charge in [-0.2, -0.15) is 0 Å². The lowest BCUT2D eigenvalue weighted by atomic mass is 9.86. The first kappa shape index (κ1) is 18.6. The fourth-order valence-electron chi connectivity index (χ4n) is 2.74. The van der Waals surface area contributed by atoms with Gasteiger partial charge in [0.25, 0.3) is 0 Å². The van der Waals surface area contributed by atoms with Gasteiger partial charge in [0.2, 0.25) is 10.0 Å². The fourth-order valence-corrected chi connectivity index (χ4v) is 3.96. The number of hydrogen-bond acceptors (Lipinski definition) is 3. The van der Waals surface area contributed by atoms with E-state index in [0.717, 1.165) is 42.9 Å². The predicted molar refractivity (Wildman–Crippen MR) is 97.5 cm³/mol. The maximum absolute atomic E-state index is 12.2. The van der Waals surface area contributed by atoms with Crippen LogP contribution < -0.4 is 10.0 Å². The van der Waals surface area contributed by atoms with Crippen LogP contribution in [0.15, 0.2) is 24.3 Å². The van der Waals surface area contributed by atoms with E-state index < -0.39 is 14.8 Å². The predicted octanol–water partition coefficient (Wildman–Crippen LogP) is 4.03. The lowest BCUT2D eigenvalue weighted by Gasteiger charge is -2.31. The Morgan fingerprint density at radius 1 is 1.17 bits per heavy atom. The molecule has 1 fully saturated rings. The van der Waals surface area contributed by atoms with E-state index in [0.29, 0.717) is 5.92 Å². The fraction of sp³-hybridized carbons (Fsp3) is 0.647. The molecule has 1 aromatic carbocycles. The minimum atomic E-state index is -3.26. The molecule has 0 amide bonds. The quantitative estimate of drug-likeness (QED) is 0.835. The molecule has 0 atom stereocenters. The summed E-state index contributed by atoms with van der Waals surface area (Å²) in [7, 11) is -3.26. The minimum absolute atomic E-state index is 0.0710. The molecule has 1 aliphatic carbocycles. The van der Waals surface area contributed by atoms with Crippen molar-refractivity contribution in [2.45, 2.75) is 57.2 Å². The van der Waals surface area contributed by atoms with Crippen molar-refractivity contribution >= 4 is 27.3 Å². The number of sulfonamides is 1. The van der Waals surface area contributed by atoms with Crippen LogP contribution >= 0.6 is 11.6 Å². The topological polar surface area (TPSA) is 58.2 Å². The van der Waals surface area contributed by atoms with E-state index in [4.69, 9.17) is 11.6 Å². The summed E-state index contributed by atoms with van der Waals surface area (Å²) in [4.78, 5) is 0. The van der Waals surface area contributed by atoms with E-state index in [1.807, 2.05) is 24.3 Å². The van der Waals surface area contributed by atoms with Gasteiger partial charge in [-0.15, -0.1) is 0 Å². The first-order chi connectivity index (χ1) is 10.7. The second kappa shape index (κ2) is 7.41. The van der Waals surface area contributed by atoms with Crippen molar-refractivity contribution in [3.8, 4) is 0 Å². The molecule has 0 aromatic heterocycles. The smallest absolute Gasteiger partial charge is 0.216 e. The maximum Gasteiger partial charge on any atom is 0.216 e. The molecule has 1 aliphatic rings. The highest BCUT2D eigenvalue weighted by molar-refractivity contribution is 7.90. The number of anilines is 1. The van der Waals surface area contributed by atoms with Crippen molar-refractivity contribution in [1.29, 1.82) is 0 Å². The number of hydrogen-bond donors (Lipinski definition) is 2. The molecule has 0 bridgehead atoms. The average Bonchev–Trinajstić information content (AvgIpc) is 2.45. The highest BCUT2D eigenvalue weighted by atomic mass is 35.5. The molecule has 130 valence electrons. The molecule has 1 aromatic rings. The molecule has 1 saturated carbocycles. The normalized spacial score (nSPS) is 22.8. The van der Waals surface area contributed by atoms with Crippen molar-refractivity contribution in [1.82, 2.24) is 4.72 Å². The van der Waals surface area contributed by atoms with Crippen LogP contribution in [0.3, 0.4) is 0 Å². The zero-order valence-corrected chi connectivity index (χ0v) is 15.7. The number of nitrogens with one attached hydrogen (secondary N) is 2. The van der Waals surface area contributed by atoms with Crippen LogP contribution in [-0.4, -0.2) is 25.8 Å². The third-order valence-electron chi connectivity index (χ3n) is 4.39. The van der Waals surface area contributed by atoms with Gasteiger partial charge in [0.1, 0.15) is 0 Å². The second-order valence-electron chi connectivity index (χ2n) is 7.34. The zero-order valence-electron chi connectivity index (χ0n) is 14.1. The van der Waals surface area contributed by atoms with Crippen LogP contribution in [0.2, 0.25) is 5.02 Å². The molecule has 2 rings (SSSR count). The summed E-state index contributed by atoms with van der Waals surface area (Å²) >= 11 is 5.98. The van der Waals surface area contributed by atoms with E-state index in [1.165, 1.54) is 0 Å². The number of halogens is 1. The van der Waals surface area contributed by atoms with E-state index >= 15 is 0 Å². The summed E-state index contributed by atoms with van der Waals surface area (Å²) in [6, 6.07) is 7.79. The van der Waals surface area contributed by atoms with Gasteiger partial charge in [0.15, 0.2) is 0 Å². The molecule has 0 radical (unpaired) electrons. The highest BCUT2D eigenvalue weighted by Gasteiger charge is 2.32. The van der Waals surface area contributed by atoms with Crippen LogP contribution in [0.1, 0.15) is 46.5 Å². The molecule has 0 saturated heterocycles. The summed E-state index contributed by atoms with van der Waals surface area (Å²) < 4.78 is 26.5. The third-order valence-corrected chi connectivity index (χ3v) is 6.89. The Morgan fingerprint density at radius 2 is 1.83 bits per heavy atom. The molecule has 0 spiro atoms. The van der Waals surface area contributed by atoms with Crippen molar-refractivity contribution in [3.63, 3.8) is 0 Å². The molecule has 4 nitrogen and oxygen atoms in total. The molecule has 0 heterocycles. The van der Waals surface area contributed by atoms with Crippen molar-refractivity contribution < 1.29 is 8.42 Å². The van der Waals surface area contributed by atoms with Crippen LogP contribution in [0.25, 0.3) is 0 Å².